The van der Waals surface area contributed by atoms with Crippen molar-refractivity contribution in [1.29, 1.82) is 0 Å². The van der Waals surface area contributed by atoms with Crippen LogP contribution in [0.3, 0.4) is 0 Å². The number of guanidine groups is 1. The van der Waals surface area contributed by atoms with Crippen molar-refractivity contribution in [3.63, 3.8) is 0 Å². The van der Waals surface area contributed by atoms with Gasteiger partial charge in [0.25, 0.3) is 0 Å². The van der Waals surface area contributed by atoms with Gasteiger partial charge in [0.15, 0.2) is 11.8 Å². The van der Waals surface area contributed by atoms with Crippen LogP contribution in [0.1, 0.15) is 17.2 Å². The van der Waals surface area contributed by atoms with Gasteiger partial charge in [-0.25, -0.2) is 4.99 Å². The first-order valence-corrected chi connectivity index (χ1v) is 9.71. The molecule has 1 aromatic carbocycles. The molecule has 31 heavy (non-hydrogen) atoms. The lowest BCUT2D eigenvalue weighted by atomic mass is 10.1. The van der Waals surface area contributed by atoms with Crippen molar-refractivity contribution >= 4 is 35.6 Å². The number of aliphatic imine (C=N–C) groups is 1. The third kappa shape index (κ3) is 6.34. The molecule has 0 bridgehead atoms. The van der Waals surface area contributed by atoms with Crippen LogP contribution in [-0.4, -0.2) is 58.3 Å². The Bertz CT molecular complexity index is 902. The first-order valence-electron chi connectivity index (χ1n) is 9.71. The van der Waals surface area contributed by atoms with Gasteiger partial charge >= 0.3 is 6.18 Å². The van der Waals surface area contributed by atoms with Crippen LogP contribution < -0.4 is 10.2 Å². The molecule has 0 saturated carbocycles. The summed E-state index contributed by atoms with van der Waals surface area (Å²) in [6, 6.07) is 5.47. The van der Waals surface area contributed by atoms with Crippen LogP contribution in [-0.2, 0) is 19.8 Å². The molecule has 7 nitrogen and oxygen atoms in total. The first-order chi connectivity index (χ1) is 14.3. The van der Waals surface area contributed by atoms with Gasteiger partial charge in [-0.1, -0.05) is 12.1 Å². The molecule has 1 aromatic heterocycles. The minimum absolute atomic E-state index is 0. The van der Waals surface area contributed by atoms with Crippen molar-refractivity contribution in [3.05, 3.63) is 54.1 Å². The molecule has 1 fully saturated rings. The van der Waals surface area contributed by atoms with Gasteiger partial charge in [0.05, 0.1) is 5.56 Å². The fourth-order valence-electron chi connectivity index (χ4n) is 3.22. The third-order valence-electron chi connectivity index (χ3n) is 5.08. The van der Waals surface area contributed by atoms with Crippen molar-refractivity contribution in [2.45, 2.75) is 19.6 Å². The summed E-state index contributed by atoms with van der Waals surface area (Å²) < 4.78 is 40.9. The number of hydrogen-bond acceptors (Lipinski definition) is 4. The van der Waals surface area contributed by atoms with Gasteiger partial charge in [0, 0.05) is 45.5 Å². The number of rotatable bonds is 5. The van der Waals surface area contributed by atoms with E-state index < -0.39 is 11.7 Å². The molecular weight excluding hydrogens is 522 g/mol. The maximum Gasteiger partial charge on any atom is 0.416 e. The van der Waals surface area contributed by atoms with Crippen molar-refractivity contribution < 1.29 is 13.2 Å². The molecule has 3 rings (SSSR count). The van der Waals surface area contributed by atoms with E-state index in [0.29, 0.717) is 45.0 Å². The van der Waals surface area contributed by atoms with Gasteiger partial charge in [-0.2, -0.15) is 13.2 Å². The molecule has 2 heterocycles. The SMILES string of the molecule is C=CCNC(=NCc1nnc(C)n1C)N1CCN(c2cccc(C(F)(F)F)c2)CC1.I. The zero-order valence-electron chi connectivity index (χ0n) is 17.6. The molecule has 1 N–H and O–H groups in total. The van der Waals surface area contributed by atoms with Gasteiger partial charge in [0.2, 0.25) is 0 Å². The van der Waals surface area contributed by atoms with E-state index in [1.807, 2.05) is 23.4 Å². The monoisotopic (exact) mass is 549 g/mol. The van der Waals surface area contributed by atoms with E-state index in [1.54, 1.807) is 12.1 Å². The molecule has 0 spiro atoms. The lowest BCUT2D eigenvalue weighted by molar-refractivity contribution is -0.137. The van der Waals surface area contributed by atoms with Crippen LogP contribution >= 0.6 is 24.0 Å². The van der Waals surface area contributed by atoms with E-state index in [1.165, 1.54) is 12.1 Å². The standard InChI is InChI=1S/C20H26F3N7.HI/c1-4-8-24-19(25-14-18-27-26-15(2)28(18)3)30-11-9-29(10-12-30)17-7-5-6-16(13-17)20(21,22)23;/h4-7,13H,1,8-12,14H2,2-3H3,(H,24,25);1H. The molecule has 11 heteroatoms. The van der Waals surface area contributed by atoms with Gasteiger partial charge in [-0.3, -0.25) is 0 Å². The number of aromatic nitrogens is 3. The highest BCUT2D eigenvalue weighted by Crippen LogP contribution is 2.31. The Morgan fingerprint density at radius 1 is 1.23 bits per heavy atom. The van der Waals surface area contributed by atoms with E-state index in [-0.39, 0.29) is 24.0 Å². The molecule has 1 aliphatic heterocycles. The summed E-state index contributed by atoms with van der Waals surface area (Å²) in [6.45, 7) is 9.01. The Hall–Kier alpha value is -2.31. The van der Waals surface area contributed by atoms with Crippen molar-refractivity contribution in [3.8, 4) is 0 Å². The average molecular weight is 549 g/mol. The predicted molar refractivity (Wildman–Crippen MR) is 126 cm³/mol. The molecular formula is C20H27F3IN7. The number of halogens is 4. The zero-order chi connectivity index (χ0) is 21.7. The molecule has 2 aromatic rings. The van der Waals surface area contributed by atoms with Crippen LogP contribution in [0.2, 0.25) is 0 Å². The second-order valence-electron chi connectivity index (χ2n) is 7.05. The zero-order valence-corrected chi connectivity index (χ0v) is 19.9. The van der Waals surface area contributed by atoms with Gasteiger partial charge in [0.1, 0.15) is 12.4 Å². The maximum absolute atomic E-state index is 13.0. The largest absolute Gasteiger partial charge is 0.416 e. The van der Waals surface area contributed by atoms with Crippen LogP contribution in [0, 0.1) is 6.92 Å². The van der Waals surface area contributed by atoms with Gasteiger partial charge in [-0.05, 0) is 25.1 Å². The Kier molecular flexibility index (Phi) is 8.71. The summed E-state index contributed by atoms with van der Waals surface area (Å²) in [5.74, 6) is 2.29. The Morgan fingerprint density at radius 3 is 2.52 bits per heavy atom. The summed E-state index contributed by atoms with van der Waals surface area (Å²) in [4.78, 5) is 8.72. The van der Waals surface area contributed by atoms with Crippen LogP contribution in [0.25, 0.3) is 0 Å². The number of piperazine rings is 1. The fourth-order valence-corrected chi connectivity index (χ4v) is 3.22. The van der Waals surface area contributed by atoms with E-state index in [4.69, 9.17) is 0 Å². The lowest BCUT2D eigenvalue weighted by Gasteiger charge is -2.38. The van der Waals surface area contributed by atoms with Crippen LogP contribution in [0.4, 0.5) is 18.9 Å². The highest BCUT2D eigenvalue weighted by atomic mass is 127. The van der Waals surface area contributed by atoms with E-state index >= 15 is 0 Å². The summed E-state index contributed by atoms with van der Waals surface area (Å²) >= 11 is 0. The van der Waals surface area contributed by atoms with E-state index in [0.717, 1.165) is 23.7 Å². The van der Waals surface area contributed by atoms with Crippen molar-refractivity contribution in [2.75, 3.05) is 37.6 Å². The minimum Gasteiger partial charge on any atom is -0.368 e. The van der Waals surface area contributed by atoms with E-state index in [2.05, 4.69) is 32.0 Å². The molecule has 0 radical (unpaired) electrons. The molecule has 0 aliphatic carbocycles. The normalized spacial score (nSPS) is 14.9. The topological polar surface area (TPSA) is 61.6 Å². The third-order valence-corrected chi connectivity index (χ3v) is 5.08. The predicted octanol–water partition coefficient (Wildman–Crippen LogP) is 3.21. The molecule has 0 amide bonds. The molecule has 0 unspecified atom stereocenters. The number of alkyl halides is 3. The van der Waals surface area contributed by atoms with Gasteiger partial charge < -0.3 is 19.7 Å². The van der Waals surface area contributed by atoms with Crippen LogP contribution in [0.15, 0.2) is 41.9 Å². The second-order valence-corrected chi connectivity index (χ2v) is 7.05. The highest BCUT2D eigenvalue weighted by Gasteiger charge is 2.31. The number of anilines is 1. The Labute approximate surface area is 197 Å². The number of aryl methyl sites for hydroxylation is 1. The molecule has 170 valence electrons. The van der Waals surface area contributed by atoms with E-state index in [9.17, 15) is 13.2 Å². The maximum atomic E-state index is 13.0. The first kappa shape index (κ1) is 25.0. The van der Waals surface area contributed by atoms with Crippen molar-refractivity contribution in [1.82, 2.24) is 25.0 Å². The number of nitrogens with zero attached hydrogens (tertiary/aromatic N) is 6. The Morgan fingerprint density at radius 2 is 1.94 bits per heavy atom. The number of nitrogens with one attached hydrogen (secondary N) is 1. The number of hydrogen-bond donors (Lipinski definition) is 1. The van der Waals surface area contributed by atoms with Gasteiger partial charge in [-0.15, -0.1) is 40.8 Å². The average Bonchev–Trinajstić information content (AvgIpc) is 3.06. The minimum atomic E-state index is -4.34. The fraction of sp³-hybridized carbons (Fsp3) is 0.450. The quantitative estimate of drug-likeness (QED) is 0.269. The van der Waals surface area contributed by atoms with Crippen LogP contribution in [0.5, 0.6) is 0 Å². The smallest absolute Gasteiger partial charge is 0.368 e. The van der Waals surface area contributed by atoms with Crippen molar-refractivity contribution in [2.24, 2.45) is 12.0 Å². The summed E-state index contributed by atoms with van der Waals surface area (Å²) in [6.07, 6.45) is -2.59. The second kappa shape index (κ2) is 10.8. The molecule has 1 saturated heterocycles. The summed E-state index contributed by atoms with van der Waals surface area (Å²) in [5, 5.41) is 11.4. The summed E-state index contributed by atoms with van der Waals surface area (Å²) in [7, 11) is 1.89. The number of benzene rings is 1. The molecule has 1 aliphatic rings. The lowest BCUT2D eigenvalue weighted by Crippen LogP contribution is -2.52. The molecule has 0 atom stereocenters. The highest BCUT2D eigenvalue weighted by molar-refractivity contribution is 14.0. The summed E-state index contributed by atoms with van der Waals surface area (Å²) in [5.41, 5.74) is -0.0483. The Balaban J connectivity index is 0.00000341.